The zero-order chi connectivity index (χ0) is 18.8. The second kappa shape index (κ2) is 5.83. The van der Waals surface area contributed by atoms with E-state index in [1.807, 2.05) is 24.5 Å². The molecule has 6 aromatic heterocycles. The fourth-order valence-electron chi connectivity index (χ4n) is 3.80. The summed E-state index contributed by atoms with van der Waals surface area (Å²) in [4.78, 5) is 23.2. The van der Waals surface area contributed by atoms with Crippen molar-refractivity contribution in [2.24, 2.45) is 14.1 Å². The third-order valence-electron chi connectivity index (χ3n) is 5.28. The third kappa shape index (κ3) is 2.18. The van der Waals surface area contributed by atoms with Crippen LogP contribution in [0.25, 0.3) is 41.1 Å². The number of nitrogens with zero attached hydrogens (tertiary/aromatic N) is 6. The lowest BCUT2D eigenvalue weighted by molar-refractivity contribution is 0.734. The summed E-state index contributed by atoms with van der Waals surface area (Å²) < 4.78 is 4.40. The summed E-state index contributed by atoms with van der Waals surface area (Å²) in [6, 6.07) is 8.15. The maximum atomic E-state index is 4.93. The van der Waals surface area contributed by atoms with Gasteiger partial charge >= 0.3 is 0 Å². The molecule has 0 spiro atoms. The predicted octanol–water partition coefficient (Wildman–Crippen LogP) is 4.46. The van der Waals surface area contributed by atoms with Gasteiger partial charge in [0.25, 0.3) is 0 Å². The van der Waals surface area contributed by atoms with E-state index in [9.17, 15) is 0 Å². The number of imidazole rings is 2. The van der Waals surface area contributed by atoms with Crippen LogP contribution in [0.2, 0.25) is 0 Å². The molecule has 0 aliphatic carbocycles. The Morgan fingerprint density at radius 3 is 1.68 bits per heavy atom. The van der Waals surface area contributed by atoms with Crippen LogP contribution >= 0.6 is 22.7 Å². The Balaban J connectivity index is 1.37. The molecule has 0 aliphatic heterocycles. The van der Waals surface area contributed by atoms with Crippen molar-refractivity contribution in [2.45, 2.75) is 12.8 Å². The molecule has 8 heteroatoms. The lowest BCUT2D eigenvalue weighted by atomic mass is 10.3. The number of pyridine rings is 2. The Morgan fingerprint density at radius 1 is 0.750 bits per heavy atom. The van der Waals surface area contributed by atoms with Gasteiger partial charge in [-0.3, -0.25) is 0 Å². The van der Waals surface area contributed by atoms with Crippen molar-refractivity contribution in [3.05, 3.63) is 48.3 Å². The fourth-order valence-corrected chi connectivity index (χ4v) is 5.93. The molecule has 6 aromatic rings. The van der Waals surface area contributed by atoms with Crippen molar-refractivity contribution in [1.82, 2.24) is 29.1 Å². The van der Waals surface area contributed by atoms with E-state index in [0.717, 1.165) is 56.0 Å². The minimum atomic E-state index is 0.855. The van der Waals surface area contributed by atoms with E-state index in [-0.39, 0.29) is 0 Å². The van der Waals surface area contributed by atoms with Gasteiger partial charge in [-0.15, -0.1) is 0 Å². The summed E-state index contributed by atoms with van der Waals surface area (Å²) in [6.45, 7) is 0. The molecule has 0 aliphatic rings. The Morgan fingerprint density at radius 2 is 1.21 bits per heavy atom. The van der Waals surface area contributed by atoms with Crippen LogP contribution in [-0.4, -0.2) is 29.1 Å². The van der Waals surface area contributed by atoms with E-state index in [0.29, 0.717) is 0 Å². The first-order valence-electron chi connectivity index (χ1n) is 9.08. The van der Waals surface area contributed by atoms with Gasteiger partial charge in [0.2, 0.25) is 0 Å². The molecule has 0 saturated carbocycles. The molecule has 0 atom stereocenters. The average Bonchev–Trinajstić information content (AvgIpc) is 3.42. The van der Waals surface area contributed by atoms with E-state index >= 15 is 0 Å². The summed E-state index contributed by atoms with van der Waals surface area (Å²) in [5.74, 6) is 2.18. The Hall–Kier alpha value is -2.84. The van der Waals surface area contributed by atoms with E-state index in [2.05, 4.69) is 45.3 Å². The Bertz CT molecular complexity index is 1380. The Kier molecular flexibility index (Phi) is 3.36. The van der Waals surface area contributed by atoms with E-state index in [4.69, 9.17) is 9.97 Å². The van der Waals surface area contributed by atoms with Crippen molar-refractivity contribution in [2.75, 3.05) is 0 Å². The van der Waals surface area contributed by atoms with Gasteiger partial charge in [0.05, 0.1) is 0 Å². The van der Waals surface area contributed by atoms with Gasteiger partial charge in [0.1, 0.15) is 42.0 Å². The normalized spacial score (nSPS) is 12.2. The average molecular weight is 405 g/mol. The van der Waals surface area contributed by atoms with Gasteiger partial charge in [-0.25, -0.2) is 19.9 Å². The lowest BCUT2D eigenvalue weighted by Crippen LogP contribution is -2.04. The molecule has 0 aromatic carbocycles. The van der Waals surface area contributed by atoms with Crippen LogP contribution < -0.4 is 0 Å². The number of hydrogen-bond donors (Lipinski definition) is 0. The molecule has 0 unspecified atom stereocenters. The zero-order valence-electron chi connectivity index (χ0n) is 15.4. The van der Waals surface area contributed by atoms with E-state index in [1.54, 1.807) is 22.7 Å². The van der Waals surface area contributed by atoms with E-state index < -0.39 is 0 Å². The summed E-state index contributed by atoms with van der Waals surface area (Å²) >= 11 is 3.41. The highest BCUT2D eigenvalue weighted by Gasteiger charge is 2.17. The van der Waals surface area contributed by atoms with Gasteiger partial charge in [-0.05, 0) is 24.3 Å². The first-order chi connectivity index (χ1) is 13.7. The predicted molar refractivity (Wildman–Crippen MR) is 115 cm³/mol. The highest BCUT2D eigenvalue weighted by Crippen LogP contribution is 2.34. The van der Waals surface area contributed by atoms with Crippen LogP contribution in [0.1, 0.15) is 11.6 Å². The van der Waals surface area contributed by atoms with Crippen molar-refractivity contribution in [1.29, 1.82) is 0 Å². The third-order valence-corrected chi connectivity index (χ3v) is 7.64. The number of hydrogen-bond acceptors (Lipinski definition) is 6. The fraction of sp³-hybridized carbons (Fsp3) is 0.200. The van der Waals surface area contributed by atoms with Gasteiger partial charge in [-0.1, -0.05) is 22.7 Å². The maximum Gasteiger partial charge on any atom is 0.127 e. The summed E-state index contributed by atoms with van der Waals surface area (Å²) in [5.41, 5.74) is 2.12. The molecule has 0 amide bonds. The second-order valence-corrected chi connectivity index (χ2v) is 8.85. The number of aromatic nitrogens is 6. The number of thiophene rings is 2. The van der Waals surface area contributed by atoms with Gasteiger partial charge in [-0.2, -0.15) is 0 Å². The molecule has 0 saturated heterocycles. The first-order valence-corrected chi connectivity index (χ1v) is 10.7. The summed E-state index contributed by atoms with van der Waals surface area (Å²) in [6.07, 6.45) is 5.39. The van der Waals surface area contributed by atoms with Crippen LogP contribution in [-0.2, 0) is 26.9 Å². The van der Waals surface area contributed by atoms with Crippen molar-refractivity contribution < 1.29 is 0 Å². The molecule has 6 heterocycles. The van der Waals surface area contributed by atoms with Crippen LogP contribution in [0.5, 0.6) is 0 Å². The molecule has 28 heavy (non-hydrogen) atoms. The second-order valence-electron chi connectivity index (χ2n) is 6.90. The summed E-state index contributed by atoms with van der Waals surface area (Å²) in [7, 11) is 4.19. The maximum absolute atomic E-state index is 4.93. The standard InChI is InChI=1S/C20H16N6S2/c1-25-13(23-15-11-5-3-9-21-17(11)27-19(15)25)7-8-14-24-16-12-6-4-10-22-18(12)28-20(16)26(14)2/h3-6,9-10H,7-8H2,1-2H3. The largest absolute Gasteiger partial charge is 0.323 e. The van der Waals surface area contributed by atoms with E-state index in [1.165, 1.54) is 9.66 Å². The number of fused-ring (bicyclic) bond motifs is 6. The quantitative estimate of drug-likeness (QED) is 0.437. The SMILES string of the molecule is Cn1c(CCc2nc3c4cccnc4sc3n2C)nc2c3cccnc3sc21. The molecule has 0 radical (unpaired) electrons. The highest BCUT2D eigenvalue weighted by molar-refractivity contribution is 7.25. The first kappa shape index (κ1) is 16.1. The molecule has 0 bridgehead atoms. The zero-order valence-corrected chi connectivity index (χ0v) is 17.0. The topological polar surface area (TPSA) is 61.4 Å². The van der Waals surface area contributed by atoms with Gasteiger partial charge in [0.15, 0.2) is 0 Å². The molecule has 0 N–H and O–H groups in total. The minimum absolute atomic E-state index is 0.855. The van der Waals surface area contributed by atoms with Crippen LogP contribution in [0, 0.1) is 0 Å². The number of rotatable bonds is 3. The van der Waals surface area contributed by atoms with Gasteiger partial charge in [0, 0.05) is 50.1 Å². The monoisotopic (exact) mass is 404 g/mol. The highest BCUT2D eigenvalue weighted by atomic mass is 32.1. The molecular formula is C20H16N6S2. The van der Waals surface area contributed by atoms with Crippen molar-refractivity contribution >= 4 is 63.8 Å². The van der Waals surface area contributed by atoms with Crippen LogP contribution in [0.3, 0.4) is 0 Å². The van der Waals surface area contributed by atoms with Gasteiger partial charge < -0.3 is 9.13 Å². The lowest BCUT2D eigenvalue weighted by Gasteiger charge is -2.03. The molecular weight excluding hydrogens is 388 g/mol. The molecule has 0 fully saturated rings. The van der Waals surface area contributed by atoms with Crippen LogP contribution in [0.15, 0.2) is 36.7 Å². The van der Waals surface area contributed by atoms with Crippen LogP contribution in [0.4, 0.5) is 0 Å². The van der Waals surface area contributed by atoms with Crippen molar-refractivity contribution in [3.63, 3.8) is 0 Å². The van der Waals surface area contributed by atoms with Crippen molar-refractivity contribution in [3.8, 4) is 0 Å². The number of aryl methyl sites for hydroxylation is 4. The summed E-state index contributed by atoms with van der Waals surface area (Å²) in [5, 5.41) is 2.28. The molecule has 6 nitrogen and oxygen atoms in total. The smallest absolute Gasteiger partial charge is 0.127 e. The molecule has 138 valence electrons. The molecule has 6 rings (SSSR count). The Labute approximate surface area is 168 Å². The minimum Gasteiger partial charge on any atom is -0.323 e.